The van der Waals surface area contributed by atoms with E-state index in [0.29, 0.717) is 31.7 Å². The van der Waals surface area contributed by atoms with E-state index in [-0.39, 0.29) is 5.84 Å². The number of nitrogens with one attached hydrogen (secondary N) is 1. The summed E-state index contributed by atoms with van der Waals surface area (Å²) in [4.78, 5) is 0. The number of oxime groups is 1. The van der Waals surface area contributed by atoms with E-state index in [9.17, 15) is 5.11 Å². The van der Waals surface area contributed by atoms with Crippen molar-refractivity contribution < 1.29 is 15.1 Å². The van der Waals surface area contributed by atoms with Gasteiger partial charge in [0, 0.05) is 19.2 Å². The zero-order valence-corrected chi connectivity index (χ0v) is 11.0. The summed E-state index contributed by atoms with van der Waals surface area (Å²) in [6, 6.07) is 7.43. The lowest BCUT2D eigenvalue weighted by Gasteiger charge is -2.12. The fourth-order valence-electron chi connectivity index (χ4n) is 1.75. The molecule has 0 aliphatic carbocycles. The van der Waals surface area contributed by atoms with Crippen molar-refractivity contribution in [3.05, 3.63) is 35.4 Å². The molecule has 1 atom stereocenters. The molecule has 1 unspecified atom stereocenters. The van der Waals surface area contributed by atoms with Crippen molar-refractivity contribution in [2.45, 2.75) is 19.1 Å². The second-order valence-electron chi connectivity index (χ2n) is 4.22. The highest BCUT2D eigenvalue weighted by molar-refractivity contribution is 5.98. The number of benzene rings is 1. The number of hydrogen-bond acceptors (Lipinski definition) is 5. The summed E-state index contributed by atoms with van der Waals surface area (Å²) in [6.45, 7) is 1.59. The Morgan fingerprint density at radius 2 is 2.21 bits per heavy atom. The van der Waals surface area contributed by atoms with Gasteiger partial charge in [0.2, 0.25) is 0 Å². The van der Waals surface area contributed by atoms with Gasteiger partial charge in [-0.05, 0) is 18.5 Å². The molecule has 0 aliphatic rings. The molecule has 6 heteroatoms. The Kier molecular flexibility index (Phi) is 6.88. The van der Waals surface area contributed by atoms with Crippen molar-refractivity contribution in [2.24, 2.45) is 10.9 Å². The van der Waals surface area contributed by atoms with Gasteiger partial charge in [0.05, 0.1) is 12.7 Å². The number of amidine groups is 1. The lowest BCUT2D eigenvalue weighted by atomic mass is 10.1. The molecule has 106 valence electrons. The Hall–Kier alpha value is -1.63. The van der Waals surface area contributed by atoms with Gasteiger partial charge in [0.15, 0.2) is 5.84 Å². The van der Waals surface area contributed by atoms with E-state index in [4.69, 9.17) is 15.7 Å². The number of nitrogens with two attached hydrogens (primary N) is 1. The van der Waals surface area contributed by atoms with Crippen LogP contribution in [0.1, 0.15) is 17.5 Å². The van der Waals surface area contributed by atoms with Crippen molar-refractivity contribution >= 4 is 5.84 Å². The Labute approximate surface area is 112 Å². The van der Waals surface area contributed by atoms with Crippen molar-refractivity contribution in [3.8, 4) is 0 Å². The van der Waals surface area contributed by atoms with Crippen LogP contribution >= 0.6 is 0 Å². The topological polar surface area (TPSA) is 100 Å². The van der Waals surface area contributed by atoms with Gasteiger partial charge in [-0.15, -0.1) is 0 Å². The number of aliphatic hydroxyl groups is 1. The normalized spacial score (nSPS) is 13.5. The minimum absolute atomic E-state index is 0.0943. The first-order chi connectivity index (χ1) is 9.19. The molecule has 19 heavy (non-hydrogen) atoms. The van der Waals surface area contributed by atoms with Crippen LogP contribution in [0.2, 0.25) is 0 Å². The second-order valence-corrected chi connectivity index (χ2v) is 4.22. The molecule has 0 amide bonds. The lowest BCUT2D eigenvalue weighted by molar-refractivity contribution is 0.0594. The Morgan fingerprint density at radius 1 is 1.47 bits per heavy atom. The quantitative estimate of drug-likeness (QED) is 0.178. The summed E-state index contributed by atoms with van der Waals surface area (Å²) in [7, 11) is 1.56. The molecule has 6 nitrogen and oxygen atoms in total. The molecule has 0 aliphatic heterocycles. The van der Waals surface area contributed by atoms with E-state index in [0.717, 1.165) is 5.56 Å². The number of rotatable bonds is 8. The zero-order chi connectivity index (χ0) is 14.1. The van der Waals surface area contributed by atoms with Gasteiger partial charge in [-0.2, -0.15) is 0 Å². The van der Waals surface area contributed by atoms with E-state index in [1.165, 1.54) is 0 Å². The molecule has 1 aromatic rings. The first kappa shape index (κ1) is 15.4. The van der Waals surface area contributed by atoms with Gasteiger partial charge in [-0.3, -0.25) is 0 Å². The highest BCUT2D eigenvalue weighted by atomic mass is 16.5. The molecule has 5 N–H and O–H groups in total. The summed E-state index contributed by atoms with van der Waals surface area (Å²) >= 11 is 0. The van der Waals surface area contributed by atoms with Crippen molar-refractivity contribution in [3.63, 3.8) is 0 Å². The van der Waals surface area contributed by atoms with Crippen LogP contribution < -0.4 is 11.1 Å². The largest absolute Gasteiger partial charge is 0.409 e. The predicted molar refractivity (Wildman–Crippen MR) is 73.2 cm³/mol. The standard InChI is InChI=1S/C13H21N3O3/c1-19-9-11(17)6-7-15-8-10-4-2-3-5-12(10)13(14)16-18/h2-5,11,15,17-18H,6-9H2,1H3,(H2,14,16). The number of aliphatic hydroxyl groups excluding tert-OH is 1. The molecule has 0 bridgehead atoms. The third kappa shape index (κ3) is 5.25. The Bertz CT molecular complexity index is 410. The van der Waals surface area contributed by atoms with Crippen molar-refractivity contribution in [1.29, 1.82) is 0 Å². The van der Waals surface area contributed by atoms with Crippen LogP contribution in [0.15, 0.2) is 29.4 Å². The van der Waals surface area contributed by atoms with E-state index in [1.807, 2.05) is 18.2 Å². The number of nitrogens with zero attached hydrogens (tertiary/aromatic N) is 1. The fourth-order valence-corrected chi connectivity index (χ4v) is 1.75. The third-order valence-electron chi connectivity index (χ3n) is 2.73. The first-order valence-corrected chi connectivity index (χ1v) is 6.12. The molecule has 0 spiro atoms. The van der Waals surface area contributed by atoms with Crippen LogP contribution in [-0.4, -0.2) is 42.5 Å². The van der Waals surface area contributed by atoms with Gasteiger partial charge < -0.3 is 26.1 Å². The Balaban J connectivity index is 2.45. The maximum atomic E-state index is 9.49. The van der Waals surface area contributed by atoms with E-state index >= 15 is 0 Å². The van der Waals surface area contributed by atoms with Gasteiger partial charge in [-0.25, -0.2) is 0 Å². The number of ether oxygens (including phenoxy) is 1. The maximum absolute atomic E-state index is 9.49. The summed E-state index contributed by atoms with van der Waals surface area (Å²) in [6.07, 6.45) is 0.149. The molecule has 0 saturated heterocycles. The SMILES string of the molecule is COCC(O)CCNCc1ccccc1/C(N)=N/O. The summed E-state index contributed by atoms with van der Waals surface area (Å²) in [5.41, 5.74) is 7.25. The van der Waals surface area contributed by atoms with Crippen LogP contribution in [0.5, 0.6) is 0 Å². The van der Waals surface area contributed by atoms with Gasteiger partial charge in [-0.1, -0.05) is 29.4 Å². The van der Waals surface area contributed by atoms with Crippen LogP contribution in [0, 0.1) is 0 Å². The van der Waals surface area contributed by atoms with Gasteiger partial charge >= 0.3 is 0 Å². The maximum Gasteiger partial charge on any atom is 0.170 e. The van der Waals surface area contributed by atoms with Crippen LogP contribution in [0.25, 0.3) is 0 Å². The van der Waals surface area contributed by atoms with E-state index < -0.39 is 6.10 Å². The van der Waals surface area contributed by atoms with Crippen LogP contribution in [0.4, 0.5) is 0 Å². The van der Waals surface area contributed by atoms with Crippen molar-refractivity contribution in [1.82, 2.24) is 5.32 Å². The monoisotopic (exact) mass is 267 g/mol. The first-order valence-electron chi connectivity index (χ1n) is 6.12. The zero-order valence-electron chi connectivity index (χ0n) is 11.0. The minimum atomic E-state index is -0.461. The molecular formula is C13H21N3O3. The average Bonchev–Trinajstić information content (AvgIpc) is 2.43. The second kappa shape index (κ2) is 8.47. The molecule has 0 aromatic heterocycles. The number of methoxy groups -OCH3 is 1. The van der Waals surface area contributed by atoms with Crippen molar-refractivity contribution in [2.75, 3.05) is 20.3 Å². The molecular weight excluding hydrogens is 246 g/mol. The minimum Gasteiger partial charge on any atom is -0.409 e. The predicted octanol–water partition coefficient (Wildman–Crippen LogP) is 0.268. The lowest BCUT2D eigenvalue weighted by Crippen LogP contribution is -2.24. The summed E-state index contributed by atoms with van der Waals surface area (Å²) in [5, 5.41) is 24.4. The molecule has 0 saturated carbocycles. The average molecular weight is 267 g/mol. The van der Waals surface area contributed by atoms with Crippen LogP contribution in [-0.2, 0) is 11.3 Å². The highest BCUT2D eigenvalue weighted by Crippen LogP contribution is 2.08. The van der Waals surface area contributed by atoms with E-state index in [1.54, 1.807) is 13.2 Å². The third-order valence-corrected chi connectivity index (χ3v) is 2.73. The van der Waals surface area contributed by atoms with Gasteiger partial charge in [0.1, 0.15) is 0 Å². The molecule has 0 heterocycles. The summed E-state index contributed by atoms with van der Waals surface area (Å²) in [5.74, 6) is 0.0943. The molecule has 1 aromatic carbocycles. The summed E-state index contributed by atoms with van der Waals surface area (Å²) < 4.78 is 4.85. The van der Waals surface area contributed by atoms with Crippen LogP contribution in [0.3, 0.4) is 0 Å². The molecule has 0 radical (unpaired) electrons. The smallest absolute Gasteiger partial charge is 0.170 e. The Morgan fingerprint density at radius 3 is 2.89 bits per heavy atom. The fraction of sp³-hybridized carbons (Fsp3) is 0.462. The highest BCUT2D eigenvalue weighted by Gasteiger charge is 2.06. The van der Waals surface area contributed by atoms with E-state index in [2.05, 4.69) is 10.5 Å². The van der Waals surface area contributed by atoms with Gasteiger partial charge in [0.25, 0.3) is 0 Å². The molecule has 1 rings (SSSR count). The molecule has 0 fully saturated rings. The number of hydrogen-bond donors (Lipinski definition) is 4.